The van der Waals surface area contributed by atoms with Crippen molar-refractivity contribution >= 4 is 5.78 Å². The lowest BCUT2D eigenvalue weighted by Gasteiger charge is -2.25. The highest BCUT2D eigenvalue weighted by atomic mass is 16.1. The molecule has 0 atom stereocenters. The molecule has 0 aliphatic heterocycles. The number of hydrogen-bond acceptors (Lipinski definition) is 2. The molecule has 0 aromatic rings. The van der Waals surface area contributed by atoms with Gasteiger partial charge in [-0.15, -0.1) is 0 Å². The summed E-state index contributed by atoms with van der Waals surface area (Å²) in [7, 11) is 0. The van der Waals surface area contributed by atoms with Crippen LogP contribution in [-0.4, -0.2) is 29.8 Å². The first-order valence-corrected chi connectivity index (χ1v) is 5.72. The number of hydrogen-bond donors (Lipinski definition) is 0. The van der Waals surface area contributed by atoms with Gasteiger partial charge in [-0.25, -0.2) is 0 Å². The third-order valence-corrected chi connectivity index (χ3v) is 2.76. The van der Waals surface area contributed by atoms with Gasteiger partial charge in [-0.1, -0.05) is 27.7 Å². The van der Waals surface area contributed by atoms with E-state index in [9.17, 15) is 4.79 Å². The van der Waals surface area contributed by atoms with Crippen molar-refractivity contribution in [2.24, 2.45) is 5.41 Å². The zero-order valence-corrected chi connectivity index (χ0v) is 9.97. The Morgan fingerprint density at radius 1 is 1.36 bits per heavy atom. The van der Waals surface area contributed by atoms with Crippen LogP contribution in [0.3, 0.4) is 0 Å². The van der Waals surface area contributed by atoms with Crippen LogP contribution in [0.2, 0.25) is 0 Å². The summed E-state index contributed by atoms with van der Waals surface area (Å²) in [5.74, 6) is 0.373. The number of rotatable bonds is 5. The third-order valence-electron chi connectivity index (χ3n) is 2.76. The molecule has 0 saturated heterocycles. The van der Waals surface area contributed by atoms with Gasteiger partial charge in [0.2, 0.25) is 0 Å². The zero-order valence-electron chi connectivity index (χ0n) is 9.97. The standard InChI is InChI=1S/C12H23NO/c1-5-8-13(10-6-7-10)9-11(14)12(2,3)4/h10H,5-9H2,1-4H3. The second-order valence-corrected chi connectivity index (χ2v) is 5.37. The predicted octanol–water partition coefficient (Wildman–Crippen LogP) is 2.48. The van der Waals surface area contributed by atoms with Crippen LogP contribution < -0.4 is 0 Å². The summed E-state index contributed by atoms with van der Waals surface area (Å²) in [4.78, 5) is 14.2. The van der Waals surface area contributed by atoms with Gasteiger partial charge in [-0.05, 0) is 25.8 Å². The normalized spacial score (nSPS) is 17.5. The van der Waals surface area contributed by atoms with E-state index in [1.165, 1.54) is 12.8 Å². The molecule has 1 rings (SSSR count). The van der Waals surface area contributed by atoms with Crippen molar-refractivity contribution in [1.29, 1.82) is 0 Å². The van der Waals surface area contributed by atoms with Gasteiger partial charge in [-0.3, -0.25) is 9.69 Å². The van der Waals surface area contributed by atoms with E-state index >= 15 is 0 Å². The van der Waals surface area contributed by atoms with E-state index in [1.54, 1.807) is 0 Å². The molecule has 0 heterocycles. The molecule has 0 unspecified atom stereocenters. The van der Waals surface area contributed by atoms with E-state index in [0.717, 1.165) is 13.0 Å². The molecule has 1 aliphatic carbocycles. The fourth-order valence-corrected chi connectivity index (χ4v) is 1.54. The lowest BCUT2D eigenvalue weighted by Crippen LogP contribution is -2.37. The smallest absolute Gasteiger partial charge is 0.152 e. The van der Waals surface area contributed by atoms with Crippen LogP contribution in [0.25, 0.3) is 0 Å². The molecule has 2 heteroatoms. The molecule has 1 aliphatic rings. The predicted molar refractivity (Wildman–Crippen MR) is 59.3 cm³/mol. The molecule has 0 aromatic carbocycles. The van der Waals surface area contributed by atoms with Crippen LogP contribution >= 0.6 is 0 Å². The zero-order chi connectivity index (χ0) is 10.8. The van der Waals surface area contributed by atoms with Crippen LogP contribution in [0.5, 0.6) is 0 Å². The molecule has 0 bridgehead atoms. The fraction of sp³-hybridized carbons (Fsp3) is 0.917. The molecular weight excluding hydrogens is 174 g/mol. The van der Waals surface area contributed by atoms with E-state index in [0.29, 0.717) is 18.4 Å². The molecule has 0 aromatic heterocycles. The van der Waals surface area contributed by atoms with Crippen LogP contribution in [-0.2, 0) is 4.79 Å². The van der Waals surface area contributed by atoms with Gasteiger partial charge in [0.1, 0.15) is 0 Å². The van der Waals surface area contributed by atoms with Gasteiger partial charge in [0.15, 0.2) is 5.78 Å². The molecule has 0 N–H and O–H groups in total. The average Bonchev–Trinajstić information content (AvgIpc) is 2.83. The summed E-state index contributed by atoms with van der Waals surface area (Å²) in [6, 6.07) is 0.709. The van der Waals surface area contributed by atoms with Crippen molar-refractivity contribution in [3.05, 3.63) is 0 Å². The number of Topliss-reactive ketones (excluding diaryl/α,β-unsaturated/α-hetero) is 1. The lowest BCUT2D eigenvalue weighted by molar-refractivity contribution is -0.127. The number of ketones is 1. The maximum absolute atomic E-state index is 11.8. The molecule has 0 amide bonds. The van der Waals surface area contributed by atoms with Gasteiger partial charge in [0, 0.05) is 11.5 Å². The van der Waals surface area contributed by atoms with E-state index in [-0.39, 0.29) is 5.41 Å². The van der Waals surface area contributed by atoms with Crippen molar-refractivity contribution < 1.29 is 4.79 Å². The van der Waals surface area contributed by atoms with Gasteiger partial charge in [0.25, 0.3) is 0 Å². The second-order valence-electron chi connectivity index (χ2n) is 5.37. The van der Waals surface area contributed by atoms with Crippen molar-refractivity contribution in [2.45, 2.75) is 53.0 Å². The van der Waals surface area contributed by atoms with Crippen molar-refractivity contribution in [3.63, 3.8) is 0 Å². The highest BCUT2D eigenvalue weighted by Gasteiger charge is 2.32. The lowest BCUT2D eigenvalue weighted by atomic mass is 9.90. The topological polar surface area (TPSA) is 20.3 Å². The number of carbonyl (C=O) groups is 1. The van der Waals surface area contributed by atoms with Crippen LogP contribution in [0.15, 0.2) is 0 Å². The first kappa shape index (κ1) is 11.7. The number of nitrogens with zero attached hydrogens (tertiary/aromatic N) is 1. The second kappa shape index (κ2) is 4.43. The van der Waals surface area contributed by atoms with Crippen LogP contribution in [0, 0.1) is 5.41 Å². The Bertz CT molecular complexity index is 201. The maximum atomic E-state index is 11.8. The minimum atomic E-state index is -0.180. The average molecular weight is 197 g/mol. The Kier molecular flexibility index (Phi) is 3.71. The highest BCUT2D eigenvalue weighted by Crippen LogP contribution is 2.28. The van der Waals surface area contributed by atoms with Gasteiger partial charge < -0.3 is 0 Å². The van der Waals surface area contributed by atoms with E-state index in [4.69, 9.17) is 0 Å². The van der Waals surface area contributed by atoms with E-state index < -0.39 is 0 Å². The Labute approximate surface area is 87.7 Å². The quantitative estimate of drug-likeness (QED) is 0.675. The van der Waals surface area contributed by atoms with Crippen LogP contribution in [0.4, 0.5) is 0 Å². The Hall–Kier alpha value is -0.370. The van der Waals surface area contributed by atoms with Gasteiger partial charge >= 0.3 is 0 Å². The molecular formula is C12H23NO. The van der Waals surface area contributed by atoms with Crippen LogP contribution in [0.1, 0.15) is 47.0 Å². The summed E-state index contributed by atoms with van der Waals surface area (Å²) < 4.78 is 0. The molecule has 2 nitrogen and oxygen atoms in total. The molecule has 82 valence electrons. The minimum absolute atomic E-state index is 0.180. The third kappa shape index (κ3) is 3.41. The molecule has 1 saturated carbocycles. The first-order chi connectivity index (χ1) is 6.45. The summed E-state index contributed by atoms with van der Waals surface area (Å²) in [5.41, 5.74) is -0.180. The minimum Gasteiger partial charge on any atom is -0.298 e. The Morgan fingerprint density at radius 3 is 2.29 bits per heavy atom. The molecule has 0 radical (unpaired) electrons. The van der Waals surface area contributed by atoms with E-state index in [1.807, 2.05) is 20.8 Å². The number of carbonyl (C=O) groups excluding carboxylic acids is 1. The van der Waals surface area contributed by atoms with Crippen molar-refractivity contribution in [2.75, 3.05) is 13.1 Å². The summed E-state index contributed by atoms with van der Waals surface area (Å²) in [6.45, 7) is 9.93. The largest absolute Gasteiger partial charge is 0.298 e. The molecule has 1 fully saturated rings. The summed E-state index contributed by atoms with van der Waals surface area (Å²) >= 11 is 0. The van der Waals surface area contributed by atoms with E-state index in [2.05, 4.69) is 11.8 Å². The van der Waals surface area contributed by atoms with Gasteiger partial charge in [-0.2, -0.15) is 0 Å². The van der Waals surface area contributed by atoms with Crippen molar-refractivity contribution in [1.82, 2.24) is 4.90 Å². The first-order valence-electron chi connectivity index (χ1n) is 5.72. The molecule has 0 spiro atoms. The SMILES string of the molecule is CCCN(CC(=O)C(C)(C)C)C1CC1. The summed E-state index contributed by atoms with van der Waals surface area (Å²) in [5, 5.41) is 0. The maximum Gasteiger partial charge on any atom is 0.152 e. The van der Waals surface area contributed by atoms with Gasteiger partial charge in [0.05, 0.1) is 6.54 Å². The Balaban J connectivity index is 2.42. The Morgan fingerprint density at radius 2 is 1.93 bits per heavy atom. The monoisotopic (exact) mass is 197 g/mol. The van der Waals surface area contributed by atoms with Crippen molar-refractivity contribution in [3.8, 4) is 0 Å². The summed E-state index contributed by atoms with van der Waals surface area (Å²) in [6.07, 6.45) is 3.72. The highest BCUT2D eigenvalue weighted by molar-refractivity contribution is 5.85. The fourth-order valence-electron chi connectivity index (χ4n) is 1.54. The molecule has 14 heavy (non-hydrogen) atoms.